The number of hydrogen-bond donors (Lipinski definition) is 0. The van der Waals surface area contributed by atoms with E-state index in [1.165, 1.54) is 6.26 Å². The Hall–Kier alpha value is -0.0500. The lowest BCUT2D eigenvalue weighted by atomic mass is 9.83. The topological polar surface area (TPSA) is 34.1 Å². The lowest BCUT2D eigenvalue weighted by molar-refractivity contribution is 0.286. The Balaban J connectivity index is 4.38. The Bertz CT molecular complexity index is 212. The van der Waals surface area contributed by atoms with Crippen LogP contribution in [0.2, 0.25) is 0 Å². The predicted molar refractivity (Wildman–Crippen MR) is 48.3 cm³/mol. The molecule has 0 rings (SSSR count). The third kappa shape index (κ3) is 4.40. The molecule has 0 amide bonds. The highest BCUT2D eigenvalue weighted by Crippen LogP contribution is 2.27. The Morgan fingerprint density at radius 3 is 1.73 bits per heavy atom. The first kappa shape index (κ1) is 11.0. The van der Waals surface area contributed by atoms with Crippen molar-refractivity contribution in [2.24, 2.45) is 11.3 Å². The van der Waals surface area contributed by atoms with Crippen molar-refractivity contribution in [1.82, 2.24) is 0 Å². The van der Waals surface area contributed by atoms with Gasteiger partial charge in [-0.2, -0.15) is 0 Å². The zero-order chi connectivity index (χ0) is 9.28. The van der Waals surface area contributed by atoms with Crippen molar-refractivity contribution < 1.29 is 8.42 Å². The molecule has 0 aromatic rings. The molecule has 0 unspecified atom stereocenters. The fourth-order valence-corrected chi connectivity index (χ4v) is 2.53. The minimum atomic E-state index is -2.83. The van der Waals surface area contributed by atoms with Crippen LogP contribution < -0.4 is 0 Å². The molecule has 0 N–H and O–H groups in total. The third-order valence-corrected chi connectivity index (χ3v) is 3.47. The molecule has 11 heavy (non-hydrogen) atoms. The van der Waals surface area contributed by atoms with Gasteiger partial charge in [-0.15, -0.1) is 0 Å². The highest BCUT2D eigenvalue weighted by Gasteiger charge is 2.26. The minimum absolute atomic E-state index is 0.104. The first-order valence-electron chi connectivity index (χ1n) is 3.83. The quantitative estimate of drug-likeness (QED) is 0.659. The SMILES string of the molecule is CC(C)C(C)(C)CS(C)(=O)=O. The van der Waals surface area contributed by atoms with Crippen LogP contribution in [0.1, 0.15) is 27.7 Å². The molecule has 0 bridgehead atoms. The minimum Gasteiger partial charge on any atom is -0.229 e. The second-order valence-corrected chi connectivity index (χ2v) is 6.35. The highest BCUT2D eigenvalue weighted by molar-refractivity contribution is 7.90. The third-order valence-electron chi connectivity index (χ3n) is 2.20. The lowest BCUT2D eigenvalue weighted by Gasteiger charge is -2.27. The lowest BCUT2D eigenvalue weighted by Crippen LogP contribution is -2.28. The molecule has 0 radical (unpaired) electrons. The standard InChI is InChI=1S/C8H18O2S/c1-7(2)8(3,4)6-11(5,9)10/h7H,6H2,1-5H3. The molecule has 0 saturated carbocycles. The summed E-state index contributed by atoms with van der Waals surface area (Å²) in [5.41, 5.74) is -0.104. The van der Waals surface area contributed by atoms with Gasteiger partial charge in [-0.05, 0) is 11.3 Å². The van der Waals surface area contributed by atoms with Crippen molar-refractivity contribution in [2.45, 2.75) is 27.7 Å². The van der Waals surface area contributed by atoms with Gasteiger partial charge in [-0.3, -0.25) is 0 Å². The van der Waals surface area contributed by atoms with Gasteiger partial charge in [0.1, 0.15) is 9.84 Å². The maximum Gasteiger partial charge on any atom is 0.147 e. The average molecular weight is 178 g/mol. The molecule has 2 nitrogen and oxygen atoms in total. The van der Waals surface area contributed by atoms with Crippen LogP contribution in [0.15, 0.2) is 0 Å². The van der Waals surface area contributed by atoms with E-state index in [-0.39, 0.29) is 11.2 Å². The van der Waals surface area contributed by atoms with Gasteiger partial charge in [0.25, 0.3) is 0 Å². The summed E-state index contributed by atoms with van der Waals surface area (Å²) >= 11 is 0. The fraction of sp³-hybridized carbons (Fsp3) is 1.00. The van der Waals surface area contributed by atoms with Crippen LogP contribution in [-0.4, -0.2) is 20.4 Å². The van der Waals surface area contributed by atoms with E-state index in [0.29, 0.717) is 5.92 Å². The molecule has 0 atom stereocenters. The number of rotatable bonds is 3. The van der Waals surface area contributed by atoms with Gasteiger partial charge in [0, 0.05) is 6.26 Å². The fourth-order valence-electron chi connectivity index (χ4n) is 0.842. The van der Waals surface area contributed by atoms with Gasteiger partial charge in [-0.25, -0.2) is 8.42 Å². The Morgan fingerprint density at radius 2 is 1.64 bits per heavy atom. The van der Waals surface area contributed by atoms with E-state index in [1.54, 1.807) is 0 Å². The second kappa shape index (κ2) is 3.13. The van der Waals surface area contributed by atoms with Crippen LogP contribution in [0, 0.1) is 11.3 Å². The van der Waals surface area contributed by atoms with Crippen LogP contribution >= 0.6 is 0 Å². The second-order valence-electron chi connectivity index (χ2n) is 4.21. The Kier molecular flexibility index (Phi) is 3.12. The summed E-state index contributed by atoms with van der Waals surface area (Å²) in [4.78, 5) is 0. The summed E-state index contributed by atoms with van der Waals surface area (Å²) in [7, 11) is -2.83. The molecule has 0 fully saturated rings. The van der Waals surface area contributed by atoms with Gasteiger partial charge >= 0.3 is 0 Å². The van der Waals surface area contributed by atoms with Crippen LogP contribution in [0.3, 0.4) is 0 Å². The van der Waals surface area contributed by atoms with Gasteiger partial charge in [-0.1, -0.05) is 27.7 Å². The van der Waals surface area contributed by atoms with Crippen LogP contribution in [0.5, 0.6) is 0 Å². The number of sulfone groups is 1. The average Bonchev–Trinajstić information content (AvgIpc) is 1.56. The molecular formula is C8H18O2S. The van der Waals surface area contributed by atoms with Gasteiger partial charge in [0.05, 0.1) is 5.75 Å². The van der Waals surface area contributed by atoms with Gasteiger partial charge < -0.3 is 0 Å². The van der Waals surface area contributed by atoms with Crippen molar-refractivity contribution in [3.8, 4) is 0 Å². The predicted octanol–water partition coefficient (Wildman–Crippen LogP) is 1.71. The van der Waals surface area contributed by atoms with E-state index in [0.717, 1.165) is 0 Å². The van der Waals surface area contributed by atoms with Crippen molar-refractivity contribution >= 4 is 9.84 Å². The summed E-state index contributed by atoms with van der Waals surface area (Å²) in [6.45, 7) is 8.06. The molecular weight excluding hydrogens is 160 g/mol. The Morgan fingerprint density at radius 1 is 1.27 bits per heavy atom. The highest BCUT2D eigenvalue weighted by atomic mass is 32.2. The largest absolute Gasteiger partial charge is 0.229 e. The first-order chi connectivity index (χ1) is 4.65. The van der Waals surface area contributed by atoms with E-state index < -0.39 is 9.84 Å². The molecule has 0 aromatic heterocycles. The van der Waals surface area contributed by atoms with Crippen LogP contribution in [0.4, 0.5) is 0 Å². The van der Waals surface area contributed by atoms with E-state index in [9.17, 15) is 8.42 Å². The zero-order valence-corrected chi connectivity index (χ0v) is 8.83. The smallest absolute Gasteiger partial charge is 0.147 e. The summed E-state index contributed by atoms with van der Waals surface area (Å²) in [5, 5.41) is 0. The molecule has 0 heterocycles. The number of hydrogen-bond acceptors (Lipinski definition) is 2. The summed E-state index contributed by atoms with van der Waals surface area (Å²) < 4.78 is 21.9. The molecule has 0 aliphatic heterocycles. The first-order valence-corrected chi connectivity index (χ1v) is 5.89. The van der Waals surface area contributed by atoms with Crippen LogP contribution in [-0.2, 0) is 9.84 Å². The Labute approximate surface area is 69.9 Å². The molecule has 0 aliphatic carbocycles. The molecule has 68 valence electrons. The zero-order valence-electron chi connectivity index (χ0n) is 8.01. The van der Waals surface area contributed by atoms with Crippen molar-refractivity contribution in [1.29, 1.82) is 0 Å². The molecule has 0 aromatic carbocycles. The van der Waals surface area contributed by atoms with E-state index >= 15 is 0 Å². The van der Waals surface area contributed by atoms with Gasteiger partial charge in [0.15, 0.2) is 0 Å². The molecule has 3 heteroatoms. The van der Waals surface area contributed by atoms with Crippen LogP contribution in [0.25, 0.3) is 0 Å². The molecule has 0 aliphatic rings. The van der Waals surface area contributed by atoms with E-state index in [4.69, 9.17) is 0 Å². The van der Waals surface area contributed by atoms with Crippen molar-refractivity contribution in [3.63, 3.8) is 0 Å². The van der Waals surface area contributed by atoms with Crippen molar-refractivity contribution in [2.75, 3.05) is 12.0 Å². The summed E-state index contributed by atoms with van der Waals surface area (Å²) in [5.74, 6) is 0.676. The van der Waals surface area contributed by atoms with Gasteiger partial charge in [0.2, 0.25) is 0 Å². The van der Waals surface area contributed by atoms with Crippen molar-refractivity contribution in [3.05, 3.63) is 0 Å². The normalized spacial score (nSPS) is 14.0. The summed E-state index contributed by atoms with van der Waals surface area (Å²) in [6.07, 6.45) is 1.29. The molecule has 0 saturated heterocycles. The maximum atomic E-state index is 11.0. The molecule has 0 spiro atoms. The summed E-state index contributed by atoms with van der Waals surface area (Å²) in [6, 6.07) is 0. The monoisotopic (exact) mass is 178 g/mol. The maximum absolute atomic E-state index is 11.0. The van der Waals surface area contributed by atoms with E-state index in [1.807, 2.05) is 27.7 Å². The van der Waals surface area contributed by atoms with E-state index in [2.05, 4.69) is 0 Å².